The molecule has 5 heteroatoms. The highest BCUT2D eigenvalue weighted by Gasteiger charge is 2.17. The number of hydrogen-bond acceptors (Lipinski definition) is 5. The number of hydrogen-bond donors (Lipinski definition) is 1. The van der Waals surface area contributed by atoms with Crippen molar-refractivity contribution in [3.63, 3.8) is 0 Å². The van der Waals surface area contributed by atoms with Crippen LogP contribution in [0.2, 0.25) is 0 Å². The number of thiazole rings is 2. The van der Waals surface area contributed by atoms with E-state index in [9.17, 15) is 0 Å². The fourth-order valence-corrected chi connectivity index (χ4v) is 3.23. The molecule has 0 amide bonds. The molecule has 0 aliphatic heterocycles. The van der Waals surface area contributed by atoms with Crippen LogP contribution in [0, 0.1) is 13.8 Å². The van der Waals surface area contributed by atoms with Gasteiger partial charge in [-0.2, -0.15) is 0 Å². The molecule has 0 aliphatic carbocycles. The first-order valence-corrected chi connectivity index (χ1v) is 6.41. The summed E-state index contributed by atoms with van der Waals surface area (Å²) in [6.45, 7) is 4.16. The highest BCUT2D eigenvalue weighted by molar-refractivity contribution is 7.12. The average molecular weight is 239 g/mol. The fraction of sp³-hybridized carbons (Fsp3) is 0.400. The van der Waals surface area contributed by atoms with Crippen molar-refractivity contribution >= 4 is 22.7 Å². The first kappa shape index (κ1) is 10.7. The third-order valence-electron chi connectivity index (χ3n) is 2.32. The summed E-state index contributed by atoms with van der Waals surface area (Å²) in [6, 6.07) is 0.190. The Balaban J connectivity index is 2.35. The van der Waals surface area contributed by atoms with E-state index in [0.29, 0.717) is 0 Å². The maximum Gasteiger partial charge on any atom is 0.116 e. The van der Waals surface area contributed by atoms with E-state index in [1.165, 1.54) is 9.75 Å². The van der Waals surface area contributed by atoms with Gasteiger partial charge >= 0.3 is 0 Å². The summed E-state index contributed by atoms with van der Waals surface area (Å²) in [4.78, 5) is 11.2. The quantitative estimate of drug-likeness (QED) is 0.894. The second-order valence-corrected chi connectivity index (χ2v) is 5.47. The lowest BCUT2D eigenvalue weighted by Gasteiger charge is -2.09. The van der Waals surface area contributed by atoms with E-state index in [-0.39, 0.29) is 6.04 Å². The van der Waals surface area contributed by atoms with Crippen molar-refractivity contribution in [1.29, 1.82) is 0 Å². The van der Waals surface area contributed by atoms with Gasteiger partial charge in [-0.3, -0.25) is 4.98 Å². The molecule has 2 rings (SSSR count). The summed E-state index contributed by atoms with van der Waals surface area (Å²) >= 11 is 3.41. The van der Waals surface area contributed by atoms with Gasteiger partial charge < -0.3 is 5.32 Å². The van der Waals surface area contributed by atoms with Gasteiger partial charge in [0, 0.05) is 16.0 Å². The van der Waals surface area contributed by atoms with Gasteiger partial charge in [-0.15, -0.1) is 22.7 Å². The highest BCUT2D eigenvalue weighted by atomic mass is 32.1. The molecule has 15 heavy (non-hydrogen) atoms. The molecule has 0 spiro atoms. The van der Waals surface area contributed by atoms with Crippen molar-refractivity contribution in [1.82, 2.24) is 15.3 Å². The van der Waals surface area contributed by atoms with Gasteiger partial charge in [0.15, 0.2) is 0 Å². The summed E-state index contributed by atoms with van der Waals surface area (Å²) in [6.07, 6.45) is 1.90. The number of aromatic nitrogens is 2. The second-order valence-electron chi connectivity index (χ2n) is 3.32. The molecular weight excluding hydrogens is 226 g/mol. The monoisotopic (exact) mass is 239 g/mol. The highest BCUT2D eigenvalue weighted by Crippen LogP contribution is 2.29. The van der Waals surface area contributed by atoms with E-state index in [4.69, 9.17) is 0 Å². The molecule has 0 aliphatic rings. The van der Waals surface area contributed by atoms with E-state index in [2.05, 4.69) is 29.1 Å². The number of aryl methyl sites for hydroxylation is 2. The molecule has 2 aromatic rings. The maximum atomic E-state index is 4.57. The van der Waals surface area contributed by atoms with Crippen LogP contribution in [0.15, 0.2) is 11.7 Å². The van der Waals surface area contributed by atoms with Crippen molar-refractivity contribution in [3.05, 3.63) is 32.2 Å². The number of nitrogens with zero attached hydrogens (tertiary/aromatic N) is 2. The summed E-state index contributed by atoms with van der Waals surface area (Å²) < 4.78 is 0. The van der Waals surface area contributed by atoms with Crippen molar-refractivity contribution in [3.8, 4) is 0 Å². The second kappa shape index (κ2) is 4.38. The summed E-state index contributed by atoms with van der Waals surface area (Å²) in [7, 11) is 1.95. The Morgan fingerprint density at radius 1 is 1.40 bits per heavy atom. The lowest BCUT2D eigenvalue weighted by atomic mass is 10.3. The van der Waals surface area contributed by atoms with Crippen molar-refractivity contribution in [2.45, 2.75) is 19.9 Å². The van der Waals surface area contributed by atoms with Crippen LogP contribution in [-0.2, 0) is 0 Å². The molecule has 1 unspecified atom stereocenters. The third kappa shape index (κ3) is 2.09. The lowest BCUT2D eigenvalue weighted by molar-refractivity contribution is 0.695. The number of nitrogens with one attached hydrogen (secondary N) is 1. The van der Waals surface area contributed by atoms with Crippen LogP contribution in [0.4, 0.5) is 0 Å². The minimum Gasteiger partial charge on any atom is -0.307 e. The molecule has 0 fully saturated rings. The Kier molecular flexibility index (Phi) is 3.14. The van der Waals surface area contributed by atoms with Crippen molar-refractivity contribution < 1.29 is 0 Å². The Morgan fingerprint density at radius 3 is 2.67 bits per heavy atom. The normalized spacial score (nSPS) is 13.0. The molecule has 3 nitrogen and oxygen atoms in total. The van der Waals surface area contributed by atoms with Crippen molar-refractivity contribution in [2.75, 3.05) is 7.05 Å². The molecule has 0 saturated heterocycles. The third-order valence-corrected chi connectivity index (χ3v) is 4.29. The molecule has 0 aromatic carbocycles. The summed E-state index contributed by atoms with van der Waals surface area (Å²) in [5, 5.41) is 4.40. The minimum absolute atomic E-state index is 0.190. The van der Waals surface area contributed by atoms with Crippen LogP contribution >= 0.6 is 22.7 Å². The average Bonchev–Trinajstić information content (AvgIpc) is 2.80. The SMILES string of the molecule is CNC(c1cncs1)c1nc(C)c(C)s1. The van der Waals surface area contributed by atoms with Gasteiger partial charge in [-0.1, -0.05) is 0 Å². The molecule has 0 bridgehead atoms. The fourth-order valence-electron chi connectivity index (χ4n) is 1.38. The van der Waals surface area contributed by atoms with Gasteiger partial charge in [0.2, 0.25) is 0 Å². The van der Waals surface area contributed by atoms with Crippen molar-refractivity contribution in [2.24, 2.45) is 0 Å². The Bertz CT molecular complexity index is 414. The first-order chi connectivity index (χ1) is 7.22. The Labute approximate surface area is 97.2 Å². The molecule has 1 N–H and O–H groups in total. The van der Waals surface area contributed by atoms with Gasteiger partial charge in [0.1, 0.15) is 5.01 Å². The molecular formula is C10H13N3S2. The van der Waals surface area contributed by atoms with Crippen LogP contribution in [0.5, 0.6) is 0 Å². The van der Waals surface area contributed by atoms with Crippen LogP contribution in [0.25, 0.3) is 0 Å². The molecule has 2 aromatic heterocycles. The summed E-state index contributed by atoms with van der Waals surface area (Å²) in [5.41, 5.74) is 2.98. The maximum absolute atomic E-state index is 4.57. The molecule has 80 valence electrons. The van der Waals surface area contributed by atoms with Crippen LogP contribution in [0.1, 0.15) is 26.5 Å². The van der Waals surface area contributed by atoms with E-state index >= 15 is 0 Å². The summed E-state index contributed by atoms with van der Waals surface area (Å²) in [5.74, 6) is 0. The zero-order valence-electron chi connectivity index (χ0n) is 8.94. The molecule has 0 radical (unpaired) electrons. The van der Waals surface area contributed by atoms with Gasteiger partial charge in [0.25, 0.3) is 0 Å². The van der Waals surface area contributed by atoms with Gasteiger partial charge in [-0.25, -0.2) is 4.98 Å². The zero-order valence-corrected chi connectivity index (χ0v) is 10.6. The van der Waals surface area contributed by atoms with Gasteiger partial charge in [-0.05, 0) is 20.9 Å². The standard InChI is InChI=1S/C10H13N3S2/c1-6-7(2)15-10(13-6)9(11-3)8-4-12-5-14-8/h4-5,9,11H,1-3H3. The van der Waals surface area contributed by atoms with Gasteiger partial charge in [0.05, 0.1) is 17.2 Å². The topological polar surface area (TPSA) is 37.8 Å². The number of rotatable bonds is 3. The molecule has 2 heterocycles. The van der Waals surface area contributed by atoms with E-state index in [1.54, 1.807) is 22.7 Å². The zero-order chi connectivity index (χ0) is 10.8. The smallest absolute Gasteiger partial charge is 0.116 e. The predicted octanol–water partition coefficient (Wildman–Crippen LogP) is 2.53. The largest absolute Gasteiger partial charge is 0.307 e. The molecule has 0 saturated carbocycles. The van der Waals surface area contributed by atoms with Crippen LogP contribution in [0.3, 0.4) is 0 Å². The Hall–Kier alpha value is -0.780. The predicted molar refractivity (Wildman–Crippen MR) is 64.6 cm³/mol. The van der Waals surface area contributed by atoms with E-state index in [0.717, 1.165) is 10.7 Å². The van der Waals surface area contributed by atoms with E-state index in [1.807, 2.05) is 18.8 Å². The lowest BCUT2D eigenvalue weighted by Crippen LogP contribution is -2.16. The Morgan fingerprint density at radius 2 is 2.20 bits per heavy atom. The molecule has 1 atom stereocenters. The first-order valence-electron chi connectivity index (χ1n) is 4.72. The minimum atomic E-state index is 0.190. The van der Waals surface area contributed by atoms with Crippen LogP contribution < -0.4 is 5.32 Å². The van der Waals surface area contributed by atoms with E-state index < -0.39 is 0 Å². The van der Waals surface area contributed by atoms with Crippen LogP contribution in [-0.4, -0.2) is 17.0 Å².